The summed E-state index contributed by atoms with van der Waals surface area (Å²) in [6, 6.07) is 13.2. The van der Waals surface area contributed by atoms with Crippen molar-refractivity contribution >= 4 is 0 Å². The molecule has 7 rings (SSSR count). The molecule has 0 fully saturated rings. The van der Waals surface area contributed by atoms with Gasteiger partial charge in [0, 0.05) is 16.7 Å². The van der Waals surface area contributed by atoms with Crippen molar-refractivity contribution in [1.82, 2.24) is 0 Å². The zero-order valence-corrected chi connectivity index (χ0v) is 22.3. The molecule has 184 valence electrons. The van der Waals surface area contributed by atoms with Crippen LogP contribution in [-0.2, 0) is 10.8 Å². The molecule has 0 saturated carbocycles. The van der Waals surface area contributed by atoms with Gasteiger partial charge in [-0.25, -0.2) is 0 Å². The van der Waals surface area contributed by atoms with Crippen molar-refractivity contribution in [2.45, 2.75) is 71.2 Å². The first-order chi connectivity index (χ1) is 17.1. The van der Waals surface area contributed by atoms with Gasteiger partial charge in [-0.05, 0) is 77.3 Å². The quantitative estimate of drug-likeness (QED) is 0.364. The number of hydrogen-bond acceptors (Lipinski definition) is 4. The Morgan fingerprint density at radius 3 is 2.08 bits per heavy atom. The summed E-state index contributed by atoms with van der Waals surface area (Å²) in [5, 5.41) is 0. The summed E-state index contributed by atoms with van der Waals surface area (Å²) in [6.45, 7) is 15.1. The Morgan fingerprint density at radius 2 is 1.39 bits per heavy atom. The fraction of sp³-hybridized carbons (Fsp3) is 0.375. The Morgan fingerprint density at radius 1 is 0.750 bits per heavy atom. The molecule has 3 aromatic carbocycles. The largest absolute Gasteiger partial charge is 0.496 e. The fourth-order valence-corrected chi connectivity index (χ4v) is 7.74. The minimum absolute atomic E-state index is 0.287. The highest BCUT2D eigenvalue weighted by molar-refractivity contribution is 5.74. The van der Waals surface area contributed by atoms with E-state index in [1.165, 1.54) is 16.7 Å². The van der Waals surface area contributed by atoms with E-state index in [0.29, 0.717) is 0 Å². The first kappa shape index (κ1) is 21.8. The monoisotopic (exact) mass is 480 g/mol. The van der Waals surface area contributed by atoms with Crippen LogP contribution in [0.25, 0.3) is 0 Å². The van der Waals surface area contributed by atoms with Gasteiger partial charge in [0.1, 0.15) is 29.1 Å². The maximum absolute atomic E-state index is 7.12. The van der Waals surface area contributed by atoms with Crippen LogP contribution in [0.3, 0.4) is 0 Å². The Labute approximate surface area is 212 Å². The van der Waals surface area contributed by atoms with Gasteiger partial charge in [0.25, 0.3) is 5.79 Å². The molecule has 0 spiro atoms. The predicted molar refractivity (Wildman–Crippen MR) is 140 cm³/mol. The molecule has 0 aromatic heterocycles. The van der Waals surface area contributed by atoms with E-state index in [1.54, 1.807) is 7.11 Å². The molecule has 4 heteroatoms. The second kappa shape index (κ2) is 6.47. The van der Waals surface area contributed by atoms with Gasteiger partial charge in [-0.1, -0.05) is 41.5 Å². The van der Waals surface area contributed by atoms with Gasteiger partial charge < -0.3 is 18.9 Å². The Kier molecular flexibility index (Phi) is 3.93. The van der Waals surface area contributed by atoms with Crippen molar-refractivity contribution in [2.75, 3.05) is 7.11 Å². The Hall–Kier alpha value is -3.40. The highest BCUT2D eigenvalue weighted by Gasteiger charge is 2.80. The van der Waals surface area contributed by atoms with Gasteiger partial charge in [0.2, 0.25) is 0 Å². The van der Waals surface area contributed by atoms with Crippen molar-refractivity contribution in [3.8, 4) is 23.0 Å². The lowest BCUT2D eigenvalue weighted by Crippen LogP contribution is -2.66. The second-order valence-electron chi connectivity index (χ2n) is 11.5. The third-order valence-electron chi connectivity index (χ3n) is 8.90. The first-order valence-corrected chi connectivity index (χ1v) is 12.7. The van der Waals surface area contributed by atoms with E-state index in [0.717, 1.165) is 56.4 Å². The number of methoxy groups -OCH3 is 1. The van der Waals surface area contributed by atoms with Gasteiger partial charge in [0.05, 0.1) is 18.1 Å². The summed E-state index contributed by atoms with van der Waals surface area (Å²) in [5.74, 6) is 2.43. The number of rotatable bonds is 1. The molecule has 4 aliphatic rings. The maximum atomic E-state index is 7.12. The third-order valence-corrected chi connectivity index (χ3v) is 8.90. The summed E-state index contributed by atoms with van der Waals surface area (Å²) in [6.07, 6.45) is 2.05. The Balaban J connectivity index is 1.67. The topological polar surface area (TPSA) is 36.9 Å². The van der Waals surface area contributed by atoms with Crippen LogP contribution in [0, 0.1) is 34.6 Å². The van der Waals surface area contributed by atoms with Crippen LogP contribution in [0.1, 0.15) is 58.4 Å². The molecule has 3 aromatic rings. The van der Waals surface area contributed by atoms with Crippen molar-refractivity contribution in [3.05, 3.63) is 92.6 Å². The van der Waals surface area contributed by atoms with Crippen molar-refractivity contribution in [3.63, 3.8) is 0 Å². The lowest BCUT2D eigenvalue weighted by atomic mass is 9.54. The van der Waals surface area contributed by atoms with Gasteiger partial charge >= 0.3 is 0 Å². The summed E-state index contributed by atoms with van der Waals surface area (Å²) >= 11 is 0. The van der Waals surface area contributed by atoms with Gasteiger partial charge in [-0.15, -0.1) is 0 Å². The zero-order chi connectivity index (χ0) is 25.4. The lowest BCUT2D eigenvalue weighted by molar-refractivity contribution is -0.126. The van der Waals surface area contributed by atoms with E-state index in [4.69, 9.17) is 18.9 Å². The second-order valence-corrected chi connectivity index (χ2v) is 11.5. The van der Waals surface area contributed by atoms with Crippen LogP contribution < -0.4 is 18.9 Å². The normalized spacial score (nSPS) is 30.0. The van der Waals surface area contributed by atoms with Crippen LogP contribution in [0.15, 0.2) is 48.0 Å². The molecule has 0 radical (unpaired) electrons. The molecule has 3 aliphatic heterocycles. The van der Waals surface area contributed by atoms with Gasteiger partial charge in [-0.3, -0.25) is 0 Å². The highest BCUT2D eigenvalue weighted by Crippen LogP contribution is 2.72. The van der Waals surface area contributed by atoms with E-state index in [-0.39, 0.29) is 11.5 Å². The molecule has 3 heterocycles. The van der Waals surface area contributed by atoms with E-state index in [9.17, 15) is 0 Å². The minimum atomic E-state index is -1.05. The smallest absolute Gasteiger partial charge is 0.291 e. The van der Waals surface area contributed by atoms with Crippen LogP contribution in [0.2, 0.25) is 0 Å². The molecule has 4 nitrogen and oxygen atoms in total. The van der Waals surface area contributed by atoms with E-state index < -0.39 is 11.2 Å². The SMILES string of the molecule is COc1cc(C)cc2c1[C@@]13c4cc(C)cc(C)c4O[C@@]1(O2)C(C)=C[C@@]1(C)c2cc(C)cc(C)c2O[C@@H]31. The van der Waals surface area contributed by atoms with Crippen molar-refractivity contribution in [1.29, 1.82) is 0 Å². The summed E-state index contributed by atoms with van der Waals surface area (Å²) in [7, 11) is 1.74. The summed E-state index contributed by atoms with van der Waals surface area (Å²) in [5.41, 5.74) is 9.06. The average molecular weight is 481 g/mol. The summed E-state index contributed by atoms with van der Waals surface area (Å²) < 4.78 is 27.2. The van der Waals surface area contributed by atoms with Gasteiger partial charge in [0.15, 0.2) is 5.41 Å². The van der Waals surface area contributed by atoms with Crippen LogP contribution in [0.4, 0.5) is 0 Å². The average Bonchev–Trinajstić information content (AvgIpc) is 3.36. The minimum Gasteiger partial charge on any atom is -0.496 e. The number of ether oxygens (including phenoxy) is 4. The molecular weight excluding hydrogens is 448 g/mol. The highest BCUT2D eigenvalue weighted by atomic mass is 16.7. The number of hydrogen-bond donors (Lipinski definition) is 0. The molecular formula is C32H32O4. The molecule has 0 saturated heterocycles. The standard InChI is InChI=1S/C32H32O4/c1-16-9-19(4)27-22(11-16)30(7)15-21(6)32-31(29(30)34-27,23-12-17(2)10-20(5)28(23)36-32)26-24(33-8)13-18(3)14-25(26)35-32/h9-15,29H,1-8H3/t29-,30+,31-,32+/m1/s1. The number of benzene rings is 3. The van der Waals surface area contributed by atoms with E-state index in [2.05, 4.69) is 90.9 Å². The predicted octanol–water partition coefficient (Wildman–Crippen LogP) is 6.68. The van der Waals surface area contributed by atoms with E-state index >= 15 is 0 Å². The van der Waals surface area contributed by atoms with Crippen molar-refractivity contribution < 1.29 is 18.9 Å². The van der Waals surface area contributed by atoms with Crippen molar-refractivity contribution in [2.24, 2.45) is 0 Å². The third kappa shape index (κ3) is 2.19. The molecule has 0 bridgehead atoms. The molecule has 0 N–H and O–H groups in total. The maximum Gasteiger partial charge on any atom is 0.291 e. The summed E-state index contributed by atoms with van der Waals surface area (Å²) in [4.78, 5) is 0. The fourth-order valence-electron chi connectivity index (χ4n) is 7.74. The van der Waals surface area contributed by atoms with Crippen LogP contribution >= 0.6 is 0 Å². The van der Waals surface area contributed by atoms with E-state index in [1.807, 2.05) is 0 Å². The molecule has 36 heavy (non-hydrogen) atoms. The molecule has 0 unspecified atom stereocenters. The molecule has 0 amide bonds. The number of aryl methyl sites for hydroxylation is 5. The van der Waals surface area contributed by atoms with Crippen LogP contribution in [-0.4, -0.2) is 19.0 Å². The number of fused-ring (bicyclic) bond motifs is 5. The lowest BCUT2D eigenvalue weighted by Gasteiger charge is -2.50. The zero-order valence-electron chi connectivity index (χ0n) is 22.3. The van der Waals surface area contributed by atoms with Gasteiger partial charge in [-0.2, -0.15) is 0 Å². The molecule has 1 aliphatic carbocycles. The Bertz CT molecular complexity index is 1550. The first-order valence-electron chi connectivity index (χ1n) is 12.7. The molecule has 4 atom stereocenters. The van der Waals surface area contributed by atoms with Crippen LogP contribution in [0.5, 0.6) is 23.0 Å².